The van der Waals surface area contributed by atoms with E-state index in [0.717, 1.165) is 33.4 Å². The lowest BCUT2D eigenvalue weighted by Gasteiger charge is -2.34. The smallest absolute Gasteiger partial charge is 0.273 e. The Morgan fingerprint density at radius 1 is 0.882 bits per heavy atom. The summed E-state index contributed by atoms with van der Waals surface area (Å²) in [4.78, 5) is 19.5. The number of thiazole rings is 1. The van der Waals surface area contributed by atoms with Crippen molar-refractivity contribution in [3.8, 4) is 16.3 Å². The molecule has 34 heavy (non-hydrogen) atoms. The summed E-state index contributed by atoms with van der Waals surface area (Å²) in [6, 6.07) is 6.67. The molecule has 0 bridgehead atoms. The SMILES string of the molecule is Cc1c(C)c(C)c(S(=O)(=O)N2CCN(C(=O)c3csc(-c4ccc(O)cc4)n3)CC2)c(C)c1C. The van der Waals surface area contributed by atoms with E-state index in [4.69, 9.17) is 0 Å². The highest BCUT2D eigenvalue weighted by Gasteiger charge is 2.34. The predicted octanol–water partition coefficient (Wildman–Crippen LogP) is 4.20. The summed E-state index contributed by atoms with van der Waals surface area (Å²) in [5, 5.41) is 11.9. The van der Waals surface area contributed by atoms with Crippen LogP contribution in [0.3, 0.4) is 0 Å². The molecular formula is C25H29N3O4S2. The van der Waals surface area contributed by atoms with Gasteiger partial charge in [-0.05, 0) is 86.7 Å². The molecule has 0 unspecified atom stereocenters. The molecule has 2 aromatic carbocycles. The zero-order chi connectivity index (χ0) is 24.8. The second-order valence-corrected chi connectivity index (χ2v) is 11.5. The van der Waals surface area contributed by atoms with Gasteiger partial charge in [0, 0.05) is 37.1 Å². The Bertz CT molecular complexity index is 1320. The number of carbonyl (C=O) groups is 1. The van der Waals surface area contributed by atoms with Gasteiger partial charge in [0.25, 0.3) is 5.91 Å². The summed E-state index contributed by atoms with van der Waals surface area (Å²) in [6.45, 7) is 10.8. The third-order valence-corrected chi connectivity index (χ3v) is 9.96. The van der Waals surface area contributed by atoms with E-state index in [9.17, 15) is 18.3 Å². The van der Waals surface area contributed by atoms with Gasteiger partial charge in [-0.15, -0.1) is 11.3 Å². The average molecular weight is 500 g/mol. The Morgan fingerprint density at radius 2 is 1.41 bits per heavy atom. The lowest BCUT2D eigenvalue weighted by atomic mass is 9.95. The monoisotopic (exact) mass is 499 g/mol. The van der Waals surface area contributed by atoms with Crippen molar-refractivity contribution in [1.29, 1.82) is 0 Å². The van der Waals surface area contributed by atoms with Crippen LogP contribution in [0, 0.1) is 34.6 Å². The van der Waals surface area contributed by atoms with Crippen LogP contribution in [-0.4, -0.2) is 59.8 Å². The summed E-state index contributed by atoms with van der Waals surface area (Å²) in [5.74, 6) is -0.0292. The van der Waals surface area contributed by atoms with Gasteiger partial charge in [-0.25, -0.2) is 13.4 Å². The summed E-state index contributed by atoms with van der Waals surface area (Å²) >= 11 is 1.36. The van der Waals surface area contributed by atoms with Crippen molar-refractivity contribution in [2.75, 3.05) is 26.2 Å². The number of aromatic hydroxyl groups is 1. The molecule has 1 saturated heterocycles. The van der Waals surface area contributed by atoms with Gasteiger partial charge >= 0.3 is 0 Å². The number of rotatable bonds is 4. The lowest BCUT2D eigenvalue weighted by Crippen LogP contribution is -2.50. The molecule has 1 aliphatic heterocycles. The van der Waals surface area contributed by atoms with E-state index >= 15 is 0 Å². The second-order valence-electron chi connectivity index (χ2n) is 8.74. The molecule has 1 aliphatic rings. The summed E-state index contributed by atoms with van der Waals surface area (Å²) in [6.07, 6.45) is 0. The molecule has 0 spiro atoms. The van der Waals surface area contributed by atoms with E-state index in [2.05, 4.69) is 4.98 Å². The highest BCUT2D eigenvalue weighted by atomic mass is 32.2. The van der Waals surface area contributed by atoms with Gasteiger partial charge in [0.05, 0.1) is 4.90 Å². The number of phenols is 1. The lowest BCUT2D eigenvalue weighted by molar-refractivity contribution is 0.0693. The first-order chi connectivity index (χ1) is 16.0. The van der Waals surface area contributed by atoms with Crippen molar-refractivity contribution in [3.63, 3.8) is 0 Å². The molecule has 0 atom stereocenters. The molecule has 1 amide bonds. The first-order valence-corrected chi connectivity index (χ1v) is 13.5. The summed E-state index contributed by atoms with van der Waals surface area (Å²) in [7, 11) is -3.67. The standard InChI is InChI=1S/C25H29N3O4S2/c1-15-16(2)18(4)23(19(5)17(15)3)34(31,32)28-12-10-27(11-13-28)25(30)22-14-33-24(26-22)20-6-8-21(29)9-7-20/h6-9,14,29H,10-13H2,1-5H3. The van der Waals surface area contributed by atoms with Crippen LogP contribution in [0.25, 0.3) is 10.6 Å². The second kappa shape index (κ2) is 9.13. The molecule has 1 N–H and O–H groups in total. The van der Waals surface area contributed by atoms with Crippen LogP contribution in [0.15, 0.2) is 34.5 Å². The van der Waals surface area contributed by atoms with Crippen LogP contribution in [0.5, 0.6) is 5.75 Å². The van der Waals surface area contributed by atoms with Crippen LogP contribution in [0.4, 0.5) is 0 Å². The largest absolute Gasteiger partial charge is 0.508 e. The molecule has 0 aliphatic carbocycles. The maximum absolute atomic E-state index is 13.6. The molecule has 0 radical (unpaired) electrons. The number of hydrogen-bond acceptors (Lipinski definition) is 6. The van der Waals surface area contributed by atoms with E-state index in [0.29, 0.717) is 28.7 Å². The first kappa shape index (κ1) is 24.4. The summed E-state index contributed by atoms with van der Waals surface area (Å²) < 4.78 is 28.6. The first-order valence-electron chi connectivity index (χ1n) is 11.1. The van der Waals surface area contributed by atoms with E-state index in [1.807, 2.05) is 34.6 Å². The van der Waals surface area contributed by atoms with Gasteiger partial charge in [-0.1, -0.05) is 0 Å². The highest BCUT2D eigenvalue weighted by Crippen LogP contribution is 2.32. The minimum absolute atomic E-state index is 0.172. The predicted molar refractivity (Wildman–Crippen MR) is 134 cm³/mol. The minimum Gasteiger partial charge on any atom is -0.508 e. The summed E-state index contributed by atoms with van der Waals surface area (Å²) in [5.41, 5.74) is 5.89. The topological polar surface area (TPSA) is 90.8 Å². The maximum Gasteiger partial charge on any atom is 0.273 e. The molecular weight excluding hydrogens is 470 g/mol. The zero-order valence-corrected chi connectivity index (χ0v) is 21.7. The van der Waals surface area contributed by atoms with Crippen molar-refractivity contribution >= 4 is 27.3 Å². The van der Waals surface area contributed by atoms with E-state index in [1.54, 1.807) is 34.5 Å². The number of aromatic nitrogens is 1. The van der Waals surface area contributed by atoms with Crippen LogP contribution in [0.2, 0.25) is 0 Å². The molecule has 7 nitrogen and oxygen atoms in total. The van der Waals surface area contributed by atoms with Crippen LogP contribution in [0.1, 0.15) is 38.3 Å². The van der Waals surface area contributed by atoms with Gasteiger partial charge in [0.2, 0.25) is 10.0 Å². The van der Waals surface area contributed by atoms with Crippen molar-refractivity contribution in [1.82, 2.24) is 14.2 Å². The molecule has 3 aromatic rings. The fourth-order valence-electron chi connectivity index (χ4n) is 4.38. The zero-order valence-electron chi connectivity index (χ0n) is 20.0. The number of piperazine rings is 1. The quantitative estimate of drug-likeness (QED) is 0.581. The molecule has 4 rings (SSSR count). The number of amides is 1. The van der Waals surface area contributed by atoms with Gasteiger partial charge < -0.3 is 10.0 Å². The van der Waals surface area contributed by atoms with Crippen LogP contribution < -0.4 is 0 Å². The number of phenolic OH excluding ortho intramolecular Hbond substituents is 1. The molecule has 9 heteroatoms. The van der Waals surface area contributed by atoms with E-state index < -0.39 is 10.0 Å². The van der Waals surface area contributed by atoms with Gasteiger partial charge in [-0.2, -0.15) is 4.31 Å². The molecule has 0 saturated carbocycles. The van der Waals surface area contributed by atoms with Crippen molar-refractivity contribution < 1.29 is 18.3 Å². The minimum atomic E-state index is -3.67. The Balaban J connectivity index is 1.50. The third kappa shape index (κ3) is 4.23. The van der Waals surface area contributed by atoms with Crippen molar-refractivity contribution in [3.05, 3.63) is 63.2 Å². The Kier molecular flexibility index (Phi) is 6.54. The third-order valence-electron chi connectivity index (χ3n) is 6.89. The van der Waals surface area contributed by atoms with Crippen molar-refractivity contribution in [2.45, 2.75) is 39.5 Å². The molecule has 1 fully saturated rings. The number of nitrogens with zero attached hydrogens (tertiary/aromatic N) is 3. The molecule has 1 aromatic heterocycles. The normalized spacial score (nSPS) is 15.0. The van der Waals surface area contributed by atoms with Gasteiger partial charge in [-0.3, -0.25) is 4.79 Å². The number of hydrogen-bond donors (Lipinski definition) is 1. The Morgan fingerprint density at radius 3 is 1.97 bits per heavy atom. The molecule has 180 valence electrons. The maximum atomic E-state index is 13.6. The van der Waals surface area contributed by atoms with Gasteiger partial charge in [0.1, 0.15) is 16.5 Å². The fraction of sp³-hybridized carbons (Fsp3) is 0.360. The Labute approximate surface area is 204 Å². The number of benzene rings is 2. The van der Waals surface area contributed by atoms with E-state index in [-0.39, 0.29) is 24.7 Å². The van der Waals surface area contributed by atoms with Gasteiger partial charge in [0.15, 0.2) is 0 Å². The average Bonchev–Trinajstić information content (AvgIpc) is 3.32. The number of sulfonamides is 1. The number of carbonyl (C=O) groups excluding carboxylic acids is 1. The van der Waals surface area contributed by atoms with Crippen LogP contribution >= 0.6 is 11.3 Å². The molecule has 2 heterocycles. The van der Waals surface area contributed by atoms with Crippen molar-refractivity contribution in [2.24, 2.45) is 0 Å². The van der Waals surface area contributed by atoms with E-state index in [1.165, 1.54) is 15.6 Å². The Hall–Kier alpha value is -2.75. The highest BCUT2D eigenvalue weighted by molar-refractivity contribution is 7.89. The fourth-order valence-corrected chi connectivity index (χ4v) is 7.17. The van der Waals surface area contributed by atoms with Crippen LogP contribution in [-0.2, 0) is 10.0 Å².